The van der Waals surface area contributed by atoms with Gasteiger partial charge in [0.2, 0.25) is 0 Å². The molecule has 0 aliphatic carbocycles. The van der Waals surface area contributed by atoms with Gasteiger partial charge in [0.15, 0.2) is 0 Å². The van der Waals surface area contributed by atoms with Crippen LogP contribution in [0.5, 0.6) is 0 Å². The number of hydrogen-bond acceptors (Lipinski definition) is 2. The molecule has 10 heavy (non-hydrogen) atoms. The predicted octanol–water partition coefficient (Wildman–Crippen LogP) is 0.278. The van der Waals surface area contributed by atoms with Gasteiger partial charge in [-0.25, -0.2) is 0 Å². The minimum atomic E-state index is -0.212. The summed E-state index contributed by atoms with van der Waals surface area (Å²) in [5, 5.41) is 9.24. The zero-order chi connectivity index (χ0) is 7.72. The van der Waals surface area contributed by atoms with Gasteiger partial charge in [0.1, 0.15) is 0 Å². The molecule has 1 saturated heterocycles. The maximum atomic E-state index is 9.24. The number of hydrogen-bond donors (Lipinski definition) is 1. The van der Waals surface area contributed by atoms with Gasteiger partial charge in [-0.15, -0.1) is 0 Å². The highest BCUT2D eigenvalue weighted by Gasteiger charge is 2.37. The predicted molar refractivity (Wildman–Crippen MR) is 40.2 cm³/mol. The third-order valence-corrected chi connectivity index (χ3v) is 1.99. The van der Waals surface area contributed by atoms with Gasteiger partial charge in [-0.3, -0.25) is 0 Å². The zero-order valence-electron chi connectivity index (χ0n) is 6.41. The molecule has 1 rings (SSSR count). The quantitative estimate of drug-likeness (QED) is 0.527. The summed E-state index contributed by atoms with van der Waals surface area (Å²) in [4.78, 5) is 1.84. The number of nitrogens with zero attached hydrogens (tertiary/aromatic N) is 1. The fourth-order valence-electron chi connectivity index (χ4n) is 1.44. The fourth-order valence-corrected chi connectivity index (χ4v) is 1.44. The first-order valence-corrected chi connectivity index (χ1v) is 3.57. The van der Waals surface area contributed by atoms with Crippen LogP contribution in [0.15, 0.2) is 0 Å². The van der Waals surface area contributed by atoms with E-state index in [4.69, 9.17) is 6.42 Å². The lowest BCUT2D eigenvalue weighted by Crippen LogP contribution is -2.59. The van der Waals surface area contributed by atoms with Crippen molar-refractivity contribution in [2.75, 3.05) is 6.54 Å². The normalized spacial score (nSPS) is 31.7. The summed E-state index contributed by atoms with van der Waals surface area (Å²) in [6.07, 6.45) is 4.98. The molecular weight excluding hydrogens is 126 g/mol. The van der Waals surface area contributed by atoms with Crippen molar-refractivity contribution in [2.45, 2.75) is 26.0 Å². The van der Waals surface area contributed by atoms with Crippen LogP contribution >= 0.6 is 0 Å². The van der Waals surface area contributed by atoms with Crippen molar-refractivity contribution >= 4 is 0 Å². The molecule has 1 aliphatic rings. The van der Waals surface area contributed by atoms with Crippen molar-refractivity contribution in [2.24, 2.45) is 5.92 Å². The second-order valence-corrected chi connectivity index (χ2v) is 3.08. The summed E-state index contributed by atoms with van der Waals surface area (Å²) in [6, 6.07) is 2.72. The number of aliphatic hydroxyl groups excluding tert-OH is 1. The molecule has 2 nitrogen and oxygen atoms in total. The molecule has 0 radical (unpaired) electrons. The lowest BCUT2D eigenvalue weighted by Gasteiger charge is -2.45. The molecule has 1 heterocycles. The first kappa shape index (κ1) is 7.43. The second kappa shape index (κ2) is 2.51. The molecule has 2 heteroatoms. The minimum absolute atomic E-state index is 0.185. The summed E-state index contributed by atoms with van der Waals surface area (Å²) in [5.74, 6) is 0.444. The molecule has 2 unspecified atom stereocenters. The van der Waals surface area contributed by atoms with Gasteiger partial charge in [-0.2, -0.15) is 0 Å². The Kier molecular flexibility index (Phi) is 1.87. The van der Waals surface area contributed by atoms with Gasteiger partial charge in [0.25, 0.3) is 0 Å². The maximum Gasteiger partial charge on any atom is 0.0934 e. The minimum Gasteiger partial charge on any atom is -0.389 e. The van der Waals surface area contributed by atoms with Crippen LogP contribution in [0, 0.1) is 18.4 Å². The highest BCUT2D eigenvalue weighted by atomic mass is 16.3. The summed E-state index contributed by atoms with van der Waals surface area (Å²) < 4.78 is 0. The summed E-state index contributed by atoms with van der Waals surface area (Å²) in [6.45, 7) is 4.77. The van der Waals surface area contributed by atoms with E-state index in [0.29, 0.717) is 12.5 Å². The van der Waals surface area contributed by atoms with E-state index in [1.165, 1.54) is 0 Å². The van der Waals surface area contributed by atoms with Crippen LogP contribution in [0.3, 0.4) is 0 Å². The van der Waals surface area contributed by atoms with Crippen LogP contribution < -0.4 is 0 Å². The van der Waals surface area contributed by atoms with Crippen molar-refractivity contribution in [3.8, 4) is 12.5 Å². The molecule has 1 N–H and O–H groups in total. The molecule has 0 bridgehead atoms. The molecule has 0 aromatic rings. The van der Waals surface area contributed by atoms with E-state index in [-0.39, 0.29) is 12.1 Å². The Morgan fingerprint density at radius 1 is 1.70 bits per heavy atom. The molecule has 0 saturated carbocycles. The van der Waals surface area contributed by atoms with E-state index >= 15 is 0 Å². The Morgan fingerprint density at radius 2 is 2.30 bits per heavy atom. The van der Waals surface area contributed by atoms with Crippen LogP contribution in [0.1, 0.15) is 13.8 Å². The Bertz CT molecular complexity index is 154. The van der Waals surface area contributed by atoms with E-state index < -0.39 is 0 Å². The standard InChI is InChI=1S/C8H13NO/c1-4-9-5-7(10)8(9)6(2)3/h1,6-8,10H,5H2,2-3H3. The highest BCUT2D eigenvalue weighted by Crippen LogP contribution is 2.23. The van der Waals surface area contributed by atoms with E-state index in [9.17, 15) is 5.11 Å². The Labute approximate surface area is 61.8 Å². The van der Waals surface area contributed by atoms with E-state index in [1.807, 2.05) is 4.90 Å². The monoisotopic (exact) mass is 139 g/mol. The van der Waals surface area contributed by atoms with E-state index in [0.717, 1.165) is 0 Å². The van der Waals surface area contributed by atoms with E-state index in [1.54, 1.807) is 0 Å². The van der Waals surface area contributed by atoms with Gasteiger partial charge in [-0.05, 0) is 5.92 Å². The molecule has 1 aliphatic heterocycles. The van der Waals surface area contributed by atoms with Crippen molar-refractivity contribution < 1.29 is 5.11 Å². The van der Waals surface area contributed by atoms with E-state index in [2.05, 4.69) is 19.9 Å². The number of aliphatic hydroxyl groups is 1. The molecule has 56 valence electrons. The van der Waals surface area contributed by atoms with Gasteiger partial charge in [0, 0.05) is 6.04 Å². The van der Waals surface area contributed by atoms with Crippen LogP contribution in [0.2, 0.25) is 0 Å². The van der Waals surface area contributed by atoms with Crippen molar-refractivity contribution in [3.63, 3.8) is 0 Å². The Hall–Kier alpha value is -0.680. The lowest BCUT2D eigenvalue weighted by molar-refractivity contribution is -0.0459. The molecule has 0 spiro atoms. The highest BCUT2D eigenvalue weighted by molar-refractivity contribution is 5.03. The molecule has 0 aromatic heterocycles. The van der Waals surface area contributed by atoms with Crippen LogP contribution in [-0.2, 0) is 0 Å². The van der Waals surface area contributed by atoms with Gasteiger partial charge in [-0.1, -0.05) is 20.3 Å². The number of terminal acetylenes is 1. The summed E-state index contributed by atoms with van der Waals surface area (Å²) in [7, 11) is 0. The van der Waals surface area contributed by atoms with Gasteiger partial charge in [0.05, 0.1) is 18.7 Å². The number of rotatable bonds is 1. The van der Waals surface area contributed by atoms with Crippen molar-refractivity contribution in [1.82, 2.24) is 4.90 Å². The lowest BCUT2D eigenvalue weighted by atomic mass is 9.90. The molecule has 0 amide bonds. The Morgan fingerprint density at radius 3 is 2.50 bits per heavy atom. The molecule has 0 aromatic carbocycles. The largest absolute Gasteiger partial charge is 0.389 e. The number of β-amino-alcohol motifs (C(OH)–C–C–N with tert-alkyl or cyclic N) is 1. The second-order valence-electron chi connectivity index (χ2n) is 3.08. The fraction of sp³-hybridized carbons (Fsp3) is 0.750. The SMILES string of the molecule is C#CN1CC(O)C1C(C)C. The first-order chi connectivity index (χ1) is 4.66. The van der Waals surface area contributed by atoms with Crippen molar-refractivity contribution in [3.05, 3.63) is 0 Å². The van der Waals surface area contributed by atoms with Gasteiger partial charge < -0.3 is 10.0 Å². The van der Waals surface area contributed by atoms with Crippen LogP contribution in [-0.4, -0.2) is 28.7 Å². The smallest absolute Gasteiger partial charge is 0.0934 e. The molecule has 2 atom stereocenters. The number of likely N-dealkylation sites (tertiary alicyclic amines) is 1. The van der Waals surface area contributed by atoms with Crippen LogP contribution in [0.4, 0.5) is 0 Å². The molecular formula is C8H13NO. The maximum absolute atomic E-state index is 9.24. The topological polar surface area (TPSA) is 23.5 Å². The average molecular weight is 139 g/mol. The summed E-state index contributed by atoms with van der Waals surface area (Å²) in [5.41, 5.74) is 0. The zero-order valence-corrected chi connectivity index (χ0v) is 6.41. The third-order valence-electron chi connectivity index (χ3n) is 1.99. The Balaban J connectivity index is 2.50. The molecule has 1 fully saturated rings. The third kappa shape index (κ3) is 0.975. The summed E-state index contributed by atoms with van der Waals surface area (Å²) >= 11 is 0. The van der Waals surface area contributed by atoms with Gasteiger partial charge >= 0.3 is 0 Å². The van der Waals surface area contributed by atoms with Crippen LogP contribution in [0.25, 0.3) is 0 Å². The average Bonchev–Trinajstić information content (AvgIpc) is 1.80. The first-order valence-electron chi connectivity index (χ1n) is 3.57. The van der Waals surface area contributed by atoms with Crippen molar-refractivity contribution in [1.29, 1.82) is 0 Å².